The van der Waals surface area contributed by atoms with Gasteiger partial charge in [-0.2, -0.15) is 11.3 Å². The normalized spacial score (nSPS) is 11.7. The molecule has 0 aliphatic heterocycles. The van der Waals surface area contributed by atoms with Gasteiger partial charge in [0.05, 0.1) is 21.3 Å². The summed E-state index contributed by atoms with van der Waals surface area (Å²) in [6, 6.07) is 8.45. The SMILES string of the molecule is CN(Cc1ccsc1)C(=O)COC(=O)c1ccccc1[S@](C)=O. The summed E-state index contributed by atoms with van der Waals surface area (Å²) in [5.74, 6) is -0.937. The van der Waals surface area contributed by atoms with Gasteiger partial charge < -0.3 is 9.64 Å². The quantitative estimate of drug-likeness (QED) is 0.749. The average Bonchev–Trinajstić information content (AvgIpc) is 3.05. The largest absolute Gasteiger partial charge is 0.452 e. The Morgan fingerprint density at radius 2 is 2.00 bits per heavy atom. The minimum absolute atomic E-state index is 0.224. The van der Waals surface area contributed by atoms with E-state index in [1.807, 2.05) is 16.8 Å². The molecule has 1 aromatic heterocycles. The molecule has 2 aromatic rings. The van der Waals surface area contributed by atoms with E-state index in [9.17, 15) is 13.8 Å². The molecule has 0 N–H and O–H groups in total. The van der Waals surface area contributed by atoms with Crippen molar-refractivity contribution in [1.82, 2.24) is 4.90 Å². The first-order valence-corrected chi connectivity index (χ1v) is 9.33. The van der Waals surface area contributed by atoms with Crippen molar-refractivity contribution in [2.24, 2.45) is 0 Å². The van der Waals surface area contributed by atoms with E-state index in [2.05, 4.69) is 0 Å². The summed E-state index contributed by atoms with van der Waals surface area (Å²) >= 11 is 1.56. The van der Waals surface area contributed by atoms with Crippen molar-refractivity contribution in [2.45, 2.75) is 11.4 Å². The van der Waals surface area contributed by atoms with E-state index >= 15 is 0 Å². The summed E-state index contributed by atoms with van der Waals surface area (Å²) in [6.07, 6.45) is 1.49. The number of amides is 1. The Kier molecular flexibility index (Phi) is 6.06. The lowest BCUT2D eigenvalue weighted by Crippen LogP contribution is -2.30. The molecule has 0 aliphatic carbocycles. The molecule has 1 amide bonds. The maximum Gasteiger partial charge on any atom is 0.339 e. The lowest BCUT2D eigenvalue weighted by Gasteiger charge is -2.16. The Labute approximate surface area is 141 Å². The molecule has 7 heteroatoms. The van der Waals surface area contributed by atoms with Crippen LogP contribution in [0.25, 0.3) is 0 Å². The smallest absolute Gasteiger partial charge is 0.339 e. The van der Waals surface area contributed by atoms with Crippen LogP contribution in [-0.4, -0.2) is 40.9 Å². The summed E-state index contributed by atoms with van der Waals surface area (Å²) in [6.45, 7) is 0.125. The van der Waals surface area contributed by atoms with E-state index in [4.69, 9.17) is 4.74 Å². The predicted octanol–water partition coefficient (Wildman–Crippen LogP) is 2.30. The Hall–Kier alpha value is -1.99. The zero-order chi connectivity index (χ0) is 16.8. The predicted molar refractivity (Wildman–Crippen MR) is 89.8 cm³/mol. The van der Waals surface area contributed by atoms with Crippen LogP contribution in [0.4, 0.5) is 0 Å². The van der Waals surface area contributed by atoms with Crippen LogP contribution in [0.3, 0.4) is 0 Å². The molecule has 122 valence electrons. The molecule has 0 bridgehead atoms. The van der Waals surface area contributed by atoms with Crippen molar-refractivity contribution < 1.29 is 18.5 Å². The van der Waals surface area contributed by atoms with E-state index < -0.39 is 16.8 Å². The lowest BCUT2D eigenvalue weighted by molar-refractivity contribution is -0.133. The zero-order valence-electron chi connectivity index (χ0n) is 12.9. The van der Waals surface area contributed by atoms with Crippen LogP contribution >= 0.6 is 11.3 Å². The van der Waals surface area contributed by atoms with Crippen LogP contribution < -0.4 is 0 Å². The van der Waals surface area contributed by atoms with E-state index in [1.165, 1.54) is 11.2 Å². The van der Waals surface area contributed by atoms with Crippen LogP contribution in [0.5, 0.6) is 0 Å². The van der Waals surface area contributed by atoms with Gasteiger partial charge in [-0.1, -0.05) is 12.1 Å². The van der Waals surface area contributed by atoms with E-state index in [0.29, 0.717) is 11.4 Å². The molecule has 0 spiro atoms. The number of carbonyl (C=O) groups is 2. The minimum Gasteiger partial charge on any atom is -0.452 e. The molecule has 1 aromatic carbocycles. The third-order valence-electron chi connectivity index (χ3n) is 3.17. The topological polar surface area (TPSA) is 63.7 Å². The van der Waals surface area contributed by atoms with Gasteiger partial charge >= 0.3 is 5.97 Å². The van der Waals surface area contributed by atoms with Gasteiger partial charge in [0.2, 0.25) is 0 Å². The second-order valence-corrected chi connectivity index (χ2v) is 7.04. The fourth-order valence-electron chi connectivity index (χ4n) is 1.95. The zero-order valence-corrected chi connectivity index (χ0v) is 14.5. The van der Waals surface area contributed by atoms with Crippen molar-refractivity contribution >= 4 is 34.0 Å². The van der Waals surface area contributed by atoms with Crippen LogP contribution in [0.15, 0.2) is 46.0 Å². The van der Waals surface area contributed by atoms with Crippen LogP contribution in [-0.2, 0) is 26.9 Å². The van der Waals surface area contributed by atoms with Crippen molar-refractivity contribution in [2.75, 3.05) is 19.9 Å². The summed E-state index contributed by atoms with van der Waals surface area (Å²) in [5.41, 5.74) is 1.26. The van der Waals surface area contributed by atoms with Gasteiger partial charge in [-0.05, 0) is 34.5 Å². The Bertz CT molecular complexity index is 713. The molecule has 0 unspecified atom stereocenters. The van der Waals surface area contributed by atoms with Crippen molar-refractivity contribution in [3.05, 3.63) is 52.2 Å². The van der Waals surface area contributed by atoms with Gasteiger partial charge in [0.1, 0.15) is 0 Å². The van der Waals surface area contributed by atoms with E-state index in [1.54, 1.807) is 42.6 Å². The highest BCUT2D eigenvalue weighted by Crippen LogP contribution is 2.14. The van der Waals surface area contributed by atoms with Crippen LogP contribution in [0.1, 0.15) is 15.9 Å². The molecule has 0 saturated heterocycles. The number of ether oxygens (including phenoxy) is 1. The Balaban J connectivity index is 1.94. The first-order chi connectivity index (χ1) is 11.0. The first kappa shape index (κ1) is 17.4. The molecule has 2 rings (SSSR count). The summed E-state index contributed by atoms with van der Waals surface area (Å²) in [4.78, 5) is 26.0. The number of nitrogens with zero attached hydrogens (tertiary/aromatic N) is 1. The van der Waals surface area contributed by atoms with Gasteiger partial charge in [-0.25, -0.2) is 4.79 Å². The fourth-order valence-corrected chi connectivity index (χ4v) is 3.34. The third-order valence-corrected chi connectivity index (χ3v) is 4.88. The molecule has 0 fully saturated rings. The third kappa shape index (κ3) is 4.74. The van der Waals surface area contributed by atoms with Gasteiger partial charge in [-0.3, -0.25) is 9.00 Å². The number of hydrogen-bond donors (Lipinski definition) is 0. The molecule has 1 heterocycles. The lowest BCUT2D eigenvalue weighted by atomic mass is 10.2. The van der Waals surface area contributed by atoms with Crippen molar-refractivity contribution in [1.29, 1.82) is 0 Å². The average molecular weight is 351 g/mol. The first-order valence-electron chi connectivity index (χ1n) is 6.83. The number of thiophene rings is 1. The van der Waals surface area contributed by atoms with Crippen molar-refractivity contribution in [3.63, 3.8) is 0 Å². The van der Waals surface area contributed by atoms with Gasteiger partial charge in [-0.15, -0.1) is 0 Å². The number of hydrogen-bond acceptors (Lipinski definition) is 5. The molecule has 0 radical (unpaired) electrons. The molecule has 23 heavy (non-hydrogen) atoms. The number of esters is 1. The van der Waals surface area contributed by atoms with Crippen LogP contribution in [0, 0.1) is 0 Å². The Morgan fingerprint density at radius 1 is 1.26 bits per heavy atom. The van der Waals surface area contributed by atoms with Gasteiger partial charge in [0, 0.05) is 19.8 Å². The van der Waals surface area contributed by atoms with Gasteiger partial charge in [0.15, 0.2) is 6.61 Å². The molecular weight excluding hydrogens is 334 g/mol. The Morgan fingerprint density at radius 3 is 2.65 bits per heavy atom. The molecule has 1 atom stereocenters. The summed E-state index contributed by atoms with van der Waals surface area (Å²) in [7, 11) is 0.355. The maximum absolute atomic E-state index is 12.1. The molecule has 5 nitrogen and oxygen atoms in total. The molecule has 0 aliphatic rings. The van der Waals surface area contributed by atoms with E-state index in [0.717, 1.165) is 5.56 Å². The highest BCUT2D eigenvalue weighted by molar-refractivity contribution is 7.84. The second-order valence-electron chi connectivity index (χ2n) is 4.91. The molecule has 0 saturated carbocycles. The molecular formula is C16H17NO4S2. The maximum atomic E-state index is 12.1. The minimum atomic E-state index is -1.30. The van der Waals surface area contributed by atoms with Crippen molar-refractivity contribution in [3.8, 4) is 0 Å². The highest BCUT2D eigenvalue weighted by Gasteiger charge is 2.17. The number of rotatable bonds is 6. The second kappa shape index (κ2) is 8.03. The summed E-state index contributed by atoms with van der Waals surface area (Å²) in [5, 5.41) is 3.90. The fraction of sp³-hybridized carbons (Fsp3) is 0.250. The number of carbonyl (C=O) groups excluding carboxylic acids is 2. The van der Waals surface area contributed by atoms with Crippen LogP contribution in [0.2, 0.25) is 0 Å². The highest BCUT2D eigenvalue weighted by atomic mass is 32.2. The number of likely N-dealkylation sites (N-methyl/N-ethyl adjacent to an activating group) is 1. The number of benzene rings is 1. The monoisotopic (exact) mass is 351 g/mol. The van der Waals surface area contributed by atoms with E-state index in [-0.39, 0.29) is 18.1 Å². The summed E-state index contributed by atoms with van der Waals surface area (Å²) < 4.78 is 16.7. The standard InChI is InChI=1S/C16H17NO4S2/c1-17(9-12-7-8-22-11-12)15(18)10-21-16(19)13-5-3-4-6-14(13)23(2)20/h3-8,11H,9-10H2,1-2H3/t23-/m0/s1. The van der Waals surface area contributed by atoms with Gasteiger partial charge in [0.25, 0.3) is 5.91 Å².